The number of benzene rings is 1. The molecule has 0 aromatic heterocycles. The van der Waals surface area contributed by atoms with Gasteiger partial charge in [-0.1, -0.05) is 11.6 Å². The van der Waals surface area contributed by atoms with Crippen LogP contribution >= 0.6 is 27.5 Å². The fraction of sp³-hybridized carbons (Fsp3) is 0.500. The number of sulfonamides is 1. The molecule has 0 bridgehead atoms. The minimum atomic E-state index is -4.00. The van der Waals surface area contributed by atoms with E-state index < -0.39 is 20.7 Å². The van der Waals surface area contributed by atoms with E-state index in [4.69, 9.17) is 17.3 Å². The summed E-state index contributed by atoms with van der Waals surface area (Å²) in [6.07, 6.45) is 1.36. The van der Waals surface area contributed by atoms with E-state index in [9.17, 15) is 12.8 Å². The Hall–Kier alpha value is -0.410. The lowest BCUT2D eigenvalue weighted by Gasteiger charge is -2.29. The number of nitrogen functional groups attached to an aromatic ring is 1. The van der Waals surface area contributed by atoms with E-state index >= 15 is 0 Å². The molecule has 2 rings (SSSR count). The predicted octanol–water partition coefficient (Wildman–Crippen LogP) is 2.20. The smallest absolute Gasteiger partial charge is 0.243 e. The first kappa shape index (κ1) is 17.0. The van der Waals surface area contributed by atoms with E-state index in [-0.39, 0.29) is 21.2 Å². The average molecular weight is 401 g/mol. The maximum Gasteiger partial charge on any atom is 0.243 e. The molecule has 118 valence electrons. The monoisotopic (exact) mass is 399 g/mol. The van der Waals surface area contributed by atoms with Gasteiger partial charge in [0.2, 0.25) is 10.0 Å². The Kier molecular flexibility index (Phi) is 5.15. The second kappa shape index (κ2) is 6.37. The van der Waals surface area contributed by atoms with Crippen LogP contribution in [0.4, 0.5) is 10.1 Å². The Morgan fingerprint density at radius 2 is 2.05 bits per heavy atom. The summed E-state index contributed by atoms with van der Waals surface area (Å²) in [5, 5.41) is 0.0534. The Morgan fingerprint density at radius 3 is 2.62 bits per heavy atom. The van der Waals surface area contributed by atoms with Gasteiger partial charge in [0.05, 0.1) is 15.2 Å². The summed E-state index contributed by atoms with van der Waals surface area (Å²) >= 11 is 8.88. The molecule has 0 saturated carbocycles. The van der Waals surface area contributed by atoms with Crippen LogP contribution in [0.3, 0.4) is 0 Å². The second-order valence-corrected chi connectivity index (χ2v) is 7.98. The second-order valence-electron chi connectivity index (χ2n) is 5.10. The molecular weight excluding hydrogens is 385 g/mol. The standard InChI is InChI=1S/C12H16BrClFN3O2S/c1-18-4-2-7(3-5-18)17-21(19,20)9-6-8(14)10(13)12(16)11(9)15/h6-7,17H,2-5,16H2,1H3. The van der Waals surface area contributed by atoms with Gasteiger partial charge in [0, 0.05) is 6.04 Å². The number of likely N-dealkylation sites (tertiary alicyclic amines) is 1. The van der Waals surface area contributed by atoms with Gasteiger partial charge in [-0.15, -0.1) is 0 Å². The summed E-state index contributed by atoms with van der Waals surface area (Å²) in [5.74, 6) is -0.994. The number of anilines is 1. The molecule has 1 aromatic carbocycles. The van der Waals surface area contributed by atoms with E-state index in [1.54, 1.807) is 0 Å². The van der Waals surface area contributed by atoms with Crippen molar-refractivity contribution in [2.45, 2.75) is 23.8 Å². The molecule has 1 saturated heterocycles. The van der Waals surface area contributed by atoms with Crippen molar-refractivity contribution in [2.75, 3.05) is 25.9 Å². The topological polar surface area (TPSA) is 75.4 Å². The number of nitrogens with two attached hydrogens (primary N) is 1. The number of nitrogens with one attached hydrogen (secondary N) is 1. The Balaban J connectivity index is 2.28. The van der Waals surface area contributed by atoms with E-state index in [0.717, 1.165) is 19.2 Å². The van der Waals surface area contributed by atoms with E-state index in [1.807, 2.05) is 7.05 Å². The molecule has 0 radical (unpaired) electrons. The van der Waals surface area contributed by atoms with E-state index in [2.05, 4.69) is 25.6 Å². The van der Waals surface area contributed by atoms with Crippen molar-refractivity contribution >= 4 is 43.2 Å². The quantitative estimate of drug-likeness (QED) is 0.602. The average Bonchev–Trinajstić information content (AvgIpc) is 2.42. The molecule has 1 aliphatic rings. The fourth-order valence-electron chi connectivity index (χ4n) is 2.20. The van der Waals surface area contributed by atoms with Crippen molar-refractivity contribution in [3.05, 3.63) is 21.4 Å². The number of piperidine rings is 1. The van der Waals surface area contributed by atoms with Gasteiger partial charge >= 0.3 is 0 Å². The van der Waals surface area contributed by atoms with Gasteiger partial charge < -0.3 is 10.6 Å². The molecule has 0 aliphatic carbocycles. The highest BCUT2D eigenvalue weighted by Gasteiger charge is 2.28. The van der Waals surface area contributed by atoms with Crippen molar-refractivity contribution in [2.24, 2.45) is 0 Å². The Labute approximate surface area is 136 Å². The molecule has 1 aromatic rings. The van der Waals surface area contributed by atoms with Crippen LogP contribution in [0.15, 0.2) is 15.4 Å². The third-order valence-corrected chi connectivity index (χ3v) is 6.39. The zero-order chi connectivity index (χ0) is 15.8. The zero-order valence-corrected chi connectivity index (χ0v) is 14.5. The summed E-state index contributed by atoms with van der Waals surface area (Å²) in [6, 6.07) is 0.850. The van der Waals surface area contributed by atoms with Gasteiger partial charge in [0.1, 0.15) is 4.90 Å². The lowest BCUT2D eigenvalue weighted by Crippen LogP contribution is -2.43. The van der Waals surface area contributed by atoms with Crippen LogP contribution in [0.5, 0.6) is 0 Å². The van der Waals surface area contributed by atoms with Crippen LogP contribution in [0.1, 0.15) is 12.8 Å². The van der Waals surface area contributed by atoms with Crippen LogP contribution in [0.25, 0.3) is 0 Å². The molecule has 0 unspecified atom stereocenters. The SMILES string of the molecule is CN1CCC(NS(=O)(=O)c2cc(Cl)c(Br)c(N)c2F)CC1. The molecular formula is C12H16BrClFN3O2S. The molecule has 9 heteroatoms. The van der Waals surface area contributed by atoms with Gasteiger partial charge in [-0.2, -0.15) is 0 Å². The van der Waals surface area contributed by atoms with Crippen LogP contribution < -0.4 is 10.5 Å². The normalized spacial score (nSPS) is 18.1. The maximum atomic E-state index is 14.1. The third kappa shape index (κ3) is 3.68. The number of rotatable bonds is 3. The van der Waals surface area contributed by atoms with Gasteiger partial charge in [0.25, 0.3) is 0 Å². The minimum absolute atomic E-state index is 0.0534. The summed E-state index contributed by atoms with van der Waals surface area (Å²) in [4.78, 5) is 1.59. The molecule has 5 nitrogen and oxygen atoms in total. The largest absolute Gasteiger partial charge is 0.395 e. The predicted molar refractivity (Wildman–Crippen MR) is 84.4 cm³/mol. The van der Waals surface area contributed by atoms with Crippen molar-refractivity contribution in [1.29, 1.82) is 0 Å². The van der Waals surface area contributed by atoms with E-state index in [0.29, 0.717) is 12.8 Å². The Bertz CT molecular complexity index is 648. The van der Waals surface area contributed by atoms with Crippen LogP contribution in [0.2, 0.25) is 5.02 Å². The highest BCUT2D eigenvalue weighted by atomic mass is 79.9. The van der Waals surface area contributed by atoms with Crippen molar-refractivity contribution in [1.82, 2.24) is 9.62 Å². The minimum Gasteiger partial charge on any atom is -0.395 e. The highest BCUT2D eigenvalue weighted by Crippen LogP contribution is 2.34. The summed E-state index contributed by atoms with van der Waals surface area (Å²) in [5.41, 5.74) is 5.21. The van der Waals surface area contributed by atoms with Crippen LogP contribution in [-0.4, -0.2) is 39.5 Å². The first-order chi connectivity index (χ1) is 9.72. The zero-order valence-electron chi connectivity index (χ0n) is 11.4. The summed E-state index contributed by atoms with van der Waals surface area (Å²) < 4.78 is 41.4. The van der Waals surface area contributed by atoms with Gasteiger partial charge in [-0.05, 0) is 55.0 Å². The van der Waals surface area contributed by atoms with Crippen LogP contribution in [0, 0.1) is 5.82 Å². The lowest BCUT2D eigenvalue weighted by atomic mass is 10.1. The number of halogens is 3. The van der Waals surface area contributed by atoms with Crippen molar-refractivity contribution < 1.29 is 12.8 Å². The van der Waals surface area contributed by atoms with Gasteiger partial charge in [0.15, 0.2) is 5.82 Å². The maximum absolute atomic E-state index is 14.1. The number of hydrogen-bond acceptors (Lipinski definition) is 4. The molecule has 1 aliphatic heterocycles. The third-order valence-electron chi connectivity index (χ3n) is 3.49. The lowest BCUT2D eigenvalue weighted by molar-refractivity contribution is 0.248. The van der Waals surface area contributed by atoms with Gasteiger partial charge in [-0.25, -0.2) is 17.5 Å². The Morgan fingerprint density at radius 1 is 1.48 bits per heavy atom. The number of nitrogens with zero attached hydrogens (tertiary/aromatic N) is 1. The van der Waals surface area contributed by atoms with Crippen molar-refractivity contribution in [3.8, 4) is 0 Å². The highest BCUT2D eigenvalue weighted by molar-refractivity contribution is 9.10. The van der Waals surface area contributed by atoms with Crippen LogP contribution in [-0.2, 0) is 10.0 Å². The summed E-state index contributed by atoms with van der Waals surface area (Å²) in [6.45, 7) is 1.58. The van der Waals surface area contributed by atoms with Gasteiger partial charge in [-0.3, -0.25) is 0 Å². The molecule has 0 amide bonds. The fourth-order valence-corrected chi connectivity index (χ4v) is 4.19. The molecule has 21 heavy (non-hydrogen) atoms. The molecule has 0 spiro atoms. The first-order valence-electron chi connectivity index (χ1n) is 6.36. The first-order valence-corrected chi connectivity index (χ1v) is 9.01. The molecule has 0 atom stereocenters. The van der Waals surface area contributed by atoms with Crippen molar-refractivity contribution in [3.63, 3.8) is 0 Å². The molecule has 1 fully saturated rings. The number of hydrogen-bond donors (Lipinski definition) is 2. The molecule has 1 heterocycles. The van der Waals surface area contributed by atoms with E-state index in [1.165, 1.54) is 0 Å². The summed E-state index contributed by atoms with van der Waals surface area (Å²) in [7, 11) is -2.03. The molecule has 3 N–H and O–H groups in total.